The monoisotopic (exact) mass is 953 g/mol. The standard InChI is InChI=1S/C63H100O6/c1-4-7-10-13-16-19-22-25-27-29-31-33-35-38-41-44-47-50-53-56-62(65)68-59-60(58-67-61(64)55-52-49-46-43-40-37-24-21-18-15-12-9-6-3)69-63(66)57-54-51-48-45-42-39-36-34-32-30-28-26-23-20-17-14-11-8-5-2/h7-12,15-21,24-28,37,40,43,46,60H,4-6,13-14,22-23,29-36,38-39,41-42,44-45,47-59H2,1-3H3/b10-7+,11-8+,12-9+,18-15+,19-16+,20-17+,24-21+,27-25+,28-26+,40-37+,46-43+. The van der Waals surface area contributed by atoms with Crippen molar-refractivity contribution in [1.29, 1.82) is 0 Å². The predicted molar refractivity (Wildman–Crippen MR) is 297 cm³/mol. The van der Waals surface area contributed by atoms with Crippen molar-refractivity contribution < 1.29 is 28.6 Å². The lowest BCUT2D eigenvalue weighted by Crippen LogP contribution is -2.30. The van der Waals surface area contributed by atoms with Crippen LogP contribution in [0.2, 0.25) is 0 Å². The van der Waals surface area contributed by atoms with E-state index in [1.807, 2.05) is 54.7 Å². The zero-order chi connectivity index (χ0) is 50.0. The first-order valence-electron chi connectivity index (χ1n) is 27.8. The molecule has 0 N–H and O–H groups in total. The number of carbonyl (C=O) groups is 3. The Morgan fingerprint density at radius 1 is 0.304 bits per heavy atom. The Hall–Kier alpha value is -4.45. The Balaban J connectivity index is 4.47. The van der Waals surface area contributed by atoms with Gasteiger partial charge in [0.2, 0.25) is 0 Å². The molecule has 0 fully saturated rings. The van der Waals surface area contributed by atoms with Crippen LogP contribution in [0.5, 0.6) is 0 Å². The number of hydrogen-bond acceptors (Lipinski definition) is 6. The quantitative estimate of drug-likeness (QED) is 0.0199. The lowest BCUT2D eigenvalue weighted by molar-refractivity contribution is -0.167. The average Bonchev–Trinajstić information content (AvgIpc) is 3.35. The van der Waals surface area contributed by atoms with Gasteiger partial charge in [-0.05, 0) is 96.3 Å². The predicted octanol–water partition coefficient (Wildman–Crippen LogP) is 18.6. The van der Waals surface area contributed by atoms with Crippen molar-refractivity contribution in [2.24, 2.45) is 0 Å². The molecule has 0 aromatic carbocycles. The number of unbranched alkanes of at least 4 members (excludes halogenated alkanes) is 19. The fraction of sp³-hybridized carbons (Fsp3) is 0.603. The van der Waals surface area contributed by atoms with E-state index in [-0.39, 0.29) is 37.5 Å². The Kier molecular flexibility index (Phi) is 52.5. The molecule has 0 amide bonds. The first kappa shape index (κ1) is 64.5. The number of hydrogen-bond donors (Lipinski definition) is 0. The SMILES string of the molecule is CC/C=C/C=C/C=C/C=C/C=C/CCCC(=O)OCC(COC(=O)CCCCCCCCCCC/C=C/C/C=C/C/C=C/CC)OC(=O)CCCCCCCCCCC/C=C/C/C=C/C/C=C/CC. The van der Waals surface area contributed by atoms with Gasteiger partial charge in [-0.25, -0.2) is 0 Å². The van der Waals surface area contributed by atoms with Crippen molar-refractivity contribution in [1.82, 2.24) is 0 Å². The largest absolute Gasteiger partial charge is 0.462 e. The van der Waals surface area contributed by atoms with Crippen molar-refractivity contribution >= 4 is 17.9 Å². The van der Waals surface area contributed by atoms with E-state index in [0.717, 1.165) is 103 Å². The normalized spacial score (nSPS) is 13.1. The van der Waals surface area contributed by atoms with Gasteiger partial charge in [-0.15, -0.1) is 0 Å². The van der Waals surface area contributed by atoms with Crippen LogP contribution in [-0.4, -0.2) is 37.2 Å². The lowest BCUT2D eigenvalue weighted by Gasteiger charge is -2.18. The lowest BCUT2D eigenvalue weighted by atomic mass is 10.1. The zero-order valence-corrected chi connectivity index (χ0v) is 44.3. The highest BCUT2D eigenvalue weighted by Crippen LogP contribution is 2.15. The topological polar surface area (TPSA) is 78.9 Å². The second-order valence-corrected chi connectivity index (χ2v) is 17.8. The van der Waals surface area contributed by atoms with Gasteiger partial charge >= 0.3 is 17.9 Å². The molecule has 0 aliphatic rings. The van der Waals surface area contributed by atoms with Crippen LogP contribution in [0.15, 0.2) is 134 Å². The molecule has 0 aromatic rings. The molecule has 0 bridgehead atoms. The molecule has 388 valence electrons. The Morgan fingerprint density at radius 2 is 0.609 bits per heavy atom. The van der Waals surface area contributed by atoms with E-state index in [2.05, 4.69) is 99.8 Å². The van der Waals surface area contributed by atoms with E-state index in [1.165, 1.54) is 77.0 Å². The molecule has 0 rings (SSSR count). The Morgan fingerprint density at radius 3 is 1.03 bits per heavy atom. The van der Waals surface area contributed by atoms with E-state index in [1.54, 1.807) is 0 Å². The second kappa shape index (κ2) is 56.1. The minimum absolute atomic E-state index is 0.110. The van der Waals surface area contributed by atoms with Gasteiger partial charge in [-0.1, -0.05) is 244 Å². The minimum atomic E-state index is -0.817. The molecule has 0 radical (unpaired) electrons. The molecule has 0 saturated carbocycles. The van der Waals surface area contributed by atoms with Gasteiger partial charge in [0.15, 0.2) is 6.10 Å². The summed E-state index contributed by atoms with van der Waals surface area (Å²) in [7, 11) is 0. The molecule has 6 heteroatoms. The maximum absolute atomic E-state index is 12.9. The minimum Gasteiger partial charge on any atom is -0.462 e. The Labute approximate surface area is 424 Å². The van der Waals surface area contributed by atoms with E-state index in [9.17, 15) is 14.4 Å². The van der Waals surface area contributed by atoms with Crippen molar-refractivity contribution in [3.63, 3.8) is 0 Å². The molecule has 6 nitrogen and oxygen atoms in total. The van der Waals surface area contributed by atoms with Crippen LogP contribution in [-0.2, 0) is 28.6 Å². The molecular formula is C63H100O6. The van der Waals surface area contributed by atoms with Gasteiger partial charge in [-0.3, -0.25) is 14.4 Å². The van der Waals surface area contributed by atoms with Gasteiger partial charge in [0.1, 0.15) is 13.2 Å². The summed E-state index contributed by atoms with van der Waals surface area (Å²) < 4.78 is 16.8. The van der Waals surface area contributed by atoms with Gasteiger partial charge in [0.05, 0.1) is 0 Å². The molecule has 0 saturated heterocycles. The summed E-state index contributed by atoms with van der Waals surface area (Å²) in [4.78, 5) is 38.1. The summed E-state index contributed by atoms with van der Waals surface area (Å²) in [6, 6.07) is 0. The number of carbonyl (C=O) groups excluding carboxylic acids is 3. The number of ether oxygens (including phenoxy) is 3. The van der Waals surface area contributed by atoms with Crippen LogP contribution in [0.4, 0.5) is 0 Å². The fourth-order valence-corrected chi connectivity index (χ4v) is 7.21. The first-order valence-corrected chi connectivity index (χ1v) is 27.8. The van der Waals surface area contributed by atoms with Crippen LogP contribution in [0.3, 0.4) is 0 Å². The van der Waals surface area contributed by atoms with Crippen molar-refractivity contribution in [3.8, 4) is 0 Å². The first-order chi connectivity index (χ1) is 34.0. The third-order valence-electron chi connectivity index (χ3n) is 11.3. The van der Waals surface area contributed by atoms with Gasteiger partial charge in [-0.2, -0.15) is 0 Å². The van der Waals surface area contributed by atoms with E-state index in [0.29, 0.717) is 19.3 Å². The summed E-state index contributed by atoms with van der Waals surface area (Å²) in [6.45, 7) is 6.20. The van der Waals surface area contributed by atoms with E-state index in [4.69, 9.17) is 14.2 Å². The highest BCUT2D eigenvalue weighted by molar-refractivity contribution is 5.71. The van der Waals surface area contributed by atoms with Crippen LogP contribution in [0.1, 0.15) is 226 Å². The average molecular weight is 953 g/mol. The van der Waals surface area contributed by atoms with Gasteiger partial charge in [0, 0.05) is 19.3 Å². The van der Waals surface area contributed by atoms with Crippen LogP contribution >= 0.6 is 0 Å². The molecular weight excluding hydrogens is 853 g/mol. The van der Waals surface area contributed by atoms with Crippen molar-refractivity contribution in [2.45, 2.75) is 232 Å². The third-order valence-corrected chi connectivity index (χ3v) is 11.3. The molecule has 0 spiro atoms. The zero-order valence-electron chi connectivity index (χ0n) is 44.3. The third kappa shape index (κ3) is 54.4. The smallest absolute Gasteiger partial charge is 0.306 e. The number of esters is 3. The molecule has 1 unspecified atom stereocenters. The molecule has 0 heterocycles. The summed E-state index contributed by atoms with van der Waals surface area (Å²) in [5.74, 6) is -1.00. The van der Waals surface area contributed by atoms with Crippen LogP contribution < -0.4 is 0 Å². The van der Waals surface area contributed by atoms with Gasteiger partial charge in [0.25, 0.3) is 0 Å². The summed E-state index contributed by atoms with van der Waals surface area (Å²) in [5, 5.41) is 0. The number of rotatable bonds is 48. The molecule has 69 heavy (non-hydrogen) atoms. The molecule has 1 atom stereocenters. The van der Waals surface area contributed by atoms with Crippen LogP contribution in [0, 0.1) is 0 Å². The molecule has 0 aliphatic heterocycles. The summed E-state index contributed by atoms with van der Waals surface area (Å²) >= 11 is 0. The van der Waals surface area contributed by atoms with Crippen LogP contribution in [0.25, 0.3) is 0 Å². The highest BCUT2D eigenvalue weighted by Gasteiger charge is 2.19. The number of allylic oxidation sites excluding steroid dienone is 22. The van der Waals surface area contributed by atoms with E-state index < -0.39 is 6.10 Å². The summed E-state index contributed by atoms with van der Waals surface area (Å²) in [5.41, 5.74) is 0. The highest BCUT2D eigenvalue weighted by atomic mass is 16.6. The van der Waals surface area contributed by atoms with Crippen molar-refractivity contribution in [3.05, 3.63) is 134 Å². The molecule has 0 aromatic heterocycles. The molecule has 0 aliphatic carbocycles. The van der Waals surface area contributed by atoms with E-state index >= 15 is 0 Å². The fourth-order valence-electron chi connectivity index (χ4n) is 7.21. The van der Waals surface area contributed by atoms with Crippen molar-refractivity contribution in [2.75, 3.05) is 13.2 Å². The second-order valence-electron chi connectivity index (χ2n) is 17.8. The maximum atomic E-state index is 12.9. The summed E-state index contributed by atoms with van der Waals surface area (Å²) in [6.07, 6.45) is 78.8. The maximum Gasteiger partial charge on any atom is 0.306 e. The Bertz CT molecular complexity index is 1510. The van der Waals surface area contributed by atoms with Gasteiger partial charge < -0.3 is 14.2 Å².